The van der Waals surface area contributed by atoms with Gasteiger partial charge in [0, 0.05) is 0 Å². The lowest BCUT2D eigenvalue weighted by Crippen LogP contribution is -2.16. The number of hydrogen-bond acceptors (Lipinski definition) is 5. The van der Waals surface area contributed by atoms with E-state index < -0.39 is 5.91 Å². The third-order valence-electron chi connectivity index (χ3n) is 5.44. The molecule has 0 fully saturated rings. The van der Waals surface area contributed by atoms with E-state index in [-0.39, 0.29) is 18.1 Å². The molecule has 0 aliphatic carbocycles. The Kier molecular flexibility index (Phi) is 6.26. The highest BCUT2D eigenvalue weighted by molar-refractivity contribution is 6.04. The van der Waals surface area contributed by atoms with Crippen LogP contribution in [-0.2, 0) is 13.2 Å². The molecule has 0 spiro atoms. The second kappa shape index (κ2) is 9.28. The van der Waals surface area contributed by atoms with Gasteiger partial charge in [-0.2, -0.15) is 5.10 Å². The number of halogens is 1. The quantitative estimate of drug-likeness (QED) is 0.424. The van der Waals surface area contributed by atoms with Crippen molar-refractivity contribution in [1.29, 1.82) is 0 Å². The third kappa shape index (κ3) is 4.95. The van der Waals surface area contributed by atoms with Gasteiger partial charge < -0.3 is 14.6 Å². The van der Waals surface area contributed by atoms with Crippen molar-refractivity contribution in [1.82, 2.24) is 14.9 Å². The van der Waals surface area contributed by atoms with Crippen LogP contribution in [0.1, 0.15) is 44.3 Å². The van der Waals surface area contributed by atoms with Crippen LogP contribution in [0.4, 0.5) is 10.1 Å². The van der Waals surface area contributed by atoms with E-state index in [0.717, 1.165) is 16.8 Å². The zero-order chi connectivity index (χ0) is 23.5. The summed E-state index contributed by atoms with van der Waals surface area (Å²) < 4.78 is 26.1. The number of aryl methyl sites for hydroxylation is 3. The minimum absolute atomic E-state index is 0.156. The number of anilines is 1. The molecular weight excluding hydrogens is 423 g/mol. The summed E-state index contributed by atoms with van der Waals surface area (Å²) >= 11 is 0. The Morgan fingerprint density at radius 1 is 1.12 bits per heavy atom. The van der Waals surface area contributed by atoms with E-state index in [9.17, 15) is 9.18 Å². The maximum Gasteiger partial charge on any atom is 0.278 e. The molecule has 33 heavy (non-hydrogen) atoms. The highest BCUT2D eigenvalue weighted by atomic mass is 19.1. The fourth-order valence-electron chi connectivity index (χ4n) is 3.57. The number of aromatic nitrogens is 3. The van der Waals surface area contributed by atoms with E-state index in [2.05, 4.69) is 15.6 Å². The molecule has 0 aliphatic rings. The molecule has 2 aromatic heterocycles. The zero-order valence-electron chi connectivity index (χ0n) is 19.0. The summed E-state index contributed by atoms with van der Waals surface area (Å²) in [5, 5.41) is 11.4. The molecule has 8 heteroatoms. The minimum atomic E-state index is -0.401. The molecule has 0 radical (unpaired) electrons. The van der Waals surface area contributed by atoms with Gasteiger partial charge in [0.1, 0.15) is 23.9 Å². The van der Waals surface area contributed by atoms with Crippen molar-refractivity contribution < 1.29 is 18.4 Å². The molecule has 0 bridgehead atoms. The van der Waals surface area contributed by atoms with Gasteiger partial charge in [-0.05, 0) is 63.1 Å². The molecule has 0 aliphatic heterocycles. The topological polar surface area (TPSA) is 82.2 Å². The minimum Gasteiger partial charge on any atom is -0.489 e. The van der Waals surface area contributed by atoms with Crippen LogP contribution >= 0.6 is 0 Å². The molecule has 2 aromatic carbocycles. The Balaban J connectivity index is 1.51. The first-order chi connectivity index (χ1) is 15.8. The lowest BCUT2D eigenvalue weighted by Gasteiger charge is -2.09. The van der Waals surface area contributed by atoms with Gasteiger partial charge in [-0.3, -0.25) is 9.48 Å². The van der Waals surface area contributed by atoms with E-state index >= 15 is 0 Å². The van der Waals surface area contributed by atoms with E-state index in [1.165, 1.54) is 12.1 Å². The molecule has 1 amide bonds. The van der Waals surface area contributed by atoms with Gasteiger partial charge in [-0.15, -0.1) is 0 Å². The number of carbonyl (C=O) groups excluding carboxylic acids is 1. The van der Waals surface area contributed by atoms with Crippen molar-refractivity contribution in [3.63, 3.8) is 0 Å². The van der Waals surface area contributed by atoms with Crippen molar-refractivity contribution in [3.05, 3.63) is 93.9 Å². The van der Waals surface area contributed by atoms with E-state index in [4.69, 9.17) is 9.26 Å². The summed E-state index contributed by atoms with van der Waals surface area (Å²) in [6.07, 6.45) is 0. The van der Waals surface area contributed by atoms with Crippen molar-refractivity contribution in [3.8, 4) is 5.75 Å². The Hall–Kier alpha value is -3.94. The maximum absolute atomic E-state index is 13.2. The van der Waals surface area contributed by atoms with Gasteiger partial charge in [0.15, 0.2) is 5.69 Å². The highest BCUT2D eigenvalue weighted by Crippen LogP contribution is 2.24. The number of ether oxygens (including phenoxy) is 1. The molecule has 0 atom stereocenters. The van der Waals surface area contributed by atoms with Gasteiger partial charge in [-0.25, -0.2) is 4.39 Å². The molecule has 1 N–H and O–H groups in total. The molecular formula is C25H25FN4O3. The highest BCUT2D eigenvalue weighted by Gasteiger charge is 2.23. The summed E-state index contributed by atoms with van der Waals surface area (Å²) in [5.74, 6) is 0.538. The smallest absolute Gasteiger partial charge is 0.278 e. The Labute approximate surface area is 191 Å². The average molecular weight is 448 g/mol. The SMILES string of the molecule is Cc1cccc(OCc2c(C(=O)Nc3c(C)nn(Cc4ccc(F)cc4)c3C)noc2C)c1. The molecule has 0 unspecified atom stereocenters. The molecule has 0 saturated heterocycles. The first kappa shape index (κ1) is 22.3. The van der Waals surface area contributed by atoms with E-state index in [0.29, 0.717) is 35.0 Å². The summed E-state index contributed by atoms with van der Waals surface area (Å²) in [7, 11) is 0. The average Bonchev–Trinajstić information content (AvgIpc) is 3.28. The first-order valence-corrected chi connectivity index (χ1v) is 10.6. The van der Waals surface area contributed by atoms with Gasteiger partial charge in [0.25, 0.3) is 5.91 Å². The van der Waals surface area contributed by atoms with Gasteiger partial charge >= 0.3 is 0 Å². The number of nitrogens with one attached hydrogen (secondary N) is 1. The molecule has 2 heterocycles. The molecule has 0 saturated carbocycles. The number of nitrogens with zero attached hydrogens (tertiary/aromatic N) is 3. The Morgan fingerprint density at radius 3 is 2.61 bits per heavy atom. The first-order valence-electron chi connectivity index (χ1n) is 10.6. The van der Waals surface area contributed by atoms with Crippen LogP contribution in [0.25, 0.3) is 0 Å². The van der Waals surface area contributed by atoms with E-state index in [1.54, 1.807) is 23.7 Å². The number of rotatable bonds is 7. The monoisotopic (exact) mass is 448 g/mol. The van der Waals surface area contributed by atoms with Crippen molar-refractivity contribution >= 4 is 11.6 Å². The zero-order valence-corrected chi connectivity index (χ0v) is 19.0. The fraction of sp³-hybridized carbons (Fsp3) is 0.240. The number of hydrogen-bond donors (Lipinski definition) is 1. The van der Waals surface area contributed by atoms with Crippen LogP contribution in [0.15, 0.2) is 53.1 Å². The maximum atomic E-state index is 13.2. The summed E-state index contributed by atoms with van der Waals surface area (Å²) in [6.45, 7) is 8.03. The van der Waals surface area contributed by atoms with Crippen LogP contribution in [0.2, 0.25) is 0 Å². The van der Waals surface area contributed by atoms with Crippen molar-refractivity contribution in [2.24, 2.45) is 0 Å². The molecule has 4 aromatic rings. The molecule has 4 rings (SSSR count). The lowest BCUT2D eigenvalue weighted by atomic mass is 10.2. The second-order valence-corrected chi connectivity index (χ2v) is 7.96. The summed E-state index contributed by atoms with van der Waals surface area (Å²) in [4.78, 5) is 13.1. The van der Waals surface area contributed by atoms with Gasteiger partial charge in [0.2, 0.25) is 0 Å². The summed E-state index contributed by atoms with van der Waals surface area (Å²) in [6, 6.07) is 13.9. The standard InChI is InChI=1S/C25H25FN4O3/c1-15-6-5-7-21(12-15)32-14-22-18(4)33-29-24(22)25(31)27-23-16(2)28-30(17(23)3)13-19-8-10-20(26)11-9-19/h5-12H,13-14H2,1-4H3,(H,27,31). The fourth-order valence-corrected chi connectivity index (χ4v) is 3.57. The summed E-state index contributed by atoms with van der Waals surface area (Å²) in [5.41, 5.74) is 4.80. The lowest BCUT2D eigenvalue weighted by molar-refractivity contribution is 0.101. The van der Waals surface area contributed by atoms with E-state index in [1.807, 2.05) is 45.0 Å². The Morgan fingerprint density at radius 2 is 1.88 bits per heavy atom. The van der Waals surface area contributed by atoms with Gasteiger partial charge in [-0.1, -0.05) is 29.4 Å². The predicted octanol–water partition coefficient (Wildman–Crippen LogP) is 5.12. The number of carbonyl (C=O) groups is 1. The van der Waals surface area contributed by atoms with Crippen LogP contribution in [0, 0.1) is 33.5 Å². The number of benzene rings is 2. The predicted molar refractivity (Wildman–Crippen MR) is 122 cm³/mol. The van der Waals surface area contributed by atoms with Crippen LogP contribution < -0.4 is 10.1 Å². The van der Waals surface area contributed by atoms with Crippen molar-refractivity contribution in [2.75, 3.05) is 5.32 Å². The van der Waals surface area contributed by atoms with Crippen molar-refractivity contribution in [2.45, 2.75) is 40.8 Å². The van der Waals surface area contributed by atoms with Crippen LogP contribution in [0.5, 0.6) is 5.75 Å². The number of amides is 1. The third-order valence-corrected chi connectivity index (χ3v) is 5.44. The normalized spacial score (nSPS) is 10.9. The Bertz CT molecular complexity index is 1290. The largest absolute Gasteiger partial charge is 0.489 e. The molecule has 7 nitrogen and oxygen atoms in total. The molecule has 170 valence electrons. The van der Waals surface area contributed by atoms with Gasteiger partial charge in [0.05, 0.1) is 29.2 Å². The van der Waals surface area contributed by atoms with Crippen LogP contribution in [0.3, 0.4) is 0 Å². The second-order valence-electron chi connectivity index (χ2n) is 7.96. The van der Waals surface area contributed by atoms with Crippen LogP contribution in [-0.4, -0.2) is 20.8 Å².